The first kappa shape index (κ1) is 8.05. The maximum Gasteiger partial charge on any atom is 0.168 e. The lowest BCUT2D eigenvalue weighted by Crippen LogP contribution is -1.92. The van der Waals surface area contributed by atoms with E-state index >= 15 is 0 Å². The summed E-state index contributed by atoms with van der Waals surface area (Å²) in [5.41, 5.74) is 1.96. The Hall–Kier alpha value is -2.30. The Labute approximate surface area is 84.4 Å². The van der Waals surface area contributed by atoms with Gasteiger partial charge in [-0.05, 0) is 12.1 Å². The molecule has 0 aliphatic carbocycles. The minimum Gasteiger partial charge on any atom is -0.296 e. The van der Waals surface area contributed by atoms with Crippen LogP contribution in [-0.2, 0) is 0 Å². The maximum absolute atomic E-state index is 10.6. The molecule has 0 N–H and O–H groups in total. The van der Waals surface area contributed by atoms with Gasteiger partial charge < -0.3 is 0 Å². The number of fused-ring (bicyclic) bond motifs is 3. The van der Waals surface area contributed by atoms with E-state index in [0.717, 1.165) is 22.7 Å². The van der Waals surface area contributed by atoms with Crippen molar-refractivity contribution in [3.63, 3.8) is 0 Å². The monoisotopic (exact) mass is 198 g/mol. The van der Waals surface area contributed by atoms with Crippen molar-refractivity contribution in [1.82, 2.24) is 19.8 Å². The number of aromatic nitrogens is 4. The van der Waals surface area contributed by atoms with Crippen molar-refractivity contribution in [3.8, 4) is 0 Å². The van der Waals surface area contributed by atoms with E-state index in [2.05, 4.69) is 15.3 Å². The van der Waals surface area contributed by atoms with Gasteiger partial charge in [-0.2, -0.15) is 0 Å². The van der Waals surface area contributed by atoms with E-state index in [4.69, 9.17) is 0 Å². The molecule has 0 radical (unpaired) electrons. The molecular formula is C10H6N4O. The normalized spacial score (nSPS) is 10.9. The quantitative estimate of drug-likeness (QED) is 0.549. The van der Waals surface area contributed by atoms with Crippen LogP contribution < -0.4 is 0 Å². The van der Waals surface area contributed by atoms with Crippen molar-refractivity contribution in [2.75, 3.05) is 0 Å². The Balaban J connectivity index is 2.53. The van der Waals surface area contributed by atoms with E-state index in [9.17, 15) is 4.79 Å². The fraction of sp³-hybridized carbons (Fsp3) is 0. The predicted molar refractivity (Wildman–Crippen MR) is 53.7 cm³/mol. The summed E-state index contributed by atoms with van der Waals surface area (Å²) in [5, 5.41) is 8.62. The molecule has 3 aromatic heterocycles. The molecule has 5 heteroatoms. The number of carbonyl (C=O) groups excluding carboxylic acids is 1. The molecule has 0 saturated carbocycles. The minimum atomic E-state index is 0.414. The molecule has 0 spiro atoms. The van der Waals surface area contributed by atoms with Gasteiger partial charge in [-0.1, -0.05) is 11.3 Å². The second-order valence-corrected chi connectivity index (χ2v) is 3.17. The van der Waals surface area contributed by atoms with Crippen LogP contribution >= 0.6 is 0 Å². The largest absolute Gasteiger partial charge is 0.296 e. The molecule has 3 aromatic rings. The molecule has 0 saturated heterocycles. The zero-order valence-corrected chi connectivity index (χ0v) is 7.66. The van der Waals surface area contributed by atoms with Gasteiger partial charge in [0.1, 0.15) is 11.2 Å². The molecule has 5 nitrogen and oxygen atoms in total. The van der Waals surface area contributed by atoms with Gasteiger partial charge >= 0.3 is 0 Å². The first-order valence-electron chi connectivity index (χ1n) is 4.43. The molecule has 0 fully saturated rings. The number of pyridine rings is 2. The number of rotatable bonds is 1. The molecule has 3 heterocycles. The molecule has 72 valence electrons. The van der Waals surface area contributed by atoms with Crippen LogP contribution in [0.4, 0.5) is 0 Å². The lowest BCUT2D eigenvalue weighted by Gasteiger charge is -1.99. The van der Waals surface area contributed by atoms with Crippen LogP contribution in [0.25, 0.3) is 16.4 Å². The van der Waals surface area contributed by atoms with Gasteiger partial charge in [0.2, 0.25) is 0 Å². The highest BCUT2D eigenvalue weighted by Crippen LogP contribution is 2.16. The lowest BCUT2D eigenvalue weighted by molar-refractivity contribution is 0.111. The van der Waals surface area contributed by atoms with Gasteiger partial charge in [0, 0.05) is 11.6 Å². The molecule has 15 heavy (non-hydrogen) atoms. The Morgan fingerprint density at radius 1 is 1.27 bits per heavy atom. The second-order valence-electron chi connectivity index (χ2n) is 3.17. The Morgan fingerprint density at radius 2 is 2.20 bits per heavy atom. The Bertz CT molecular complexity index is 659. The highest BCUT2D eigenvalue weighted by Gasteiger charge is 2.03. The van der Waals surface area contributed by atoms with Gasteiger partial charge in [-0.3, -0.25) is 4.79 Å². The average Bonchev–Trinajstić information content (AvgIpc) is 2.76. The number of hydrogen-bond donors (Lipinski definition) is 0. The van der Waals surface area contributed by atoms with Crippen molar-refractivity contribution in [3.05, 3.63) is 36.3 Å². The summed E-state index contributed by atoms with van der Waals surface area (Å²) in [5.74, 6) is 0. The van der Waals surface area contributed by atoms with E-state index in [1.54, 1.807) is 16.8 Å². The summed E-state index contributed by atoms with van der Waals surface area (Å²) in [6.07, 6.45) is 4.17. The van der Waals surface area contributed by atoms with Crippen LogP contribution in [0.2, 0.25) is 0 Å². The van der Waals surface area contributed by atoms with E-state index < -0.39 is 0 Å². The van der Waals surface area contributed by atoms with Gasteiger partial charge in [0.05, 0.1) is 11.7 Å². The van der Waals surface area contributed by atoms with Gasteiger partial charge in [-0.15, -0.1) is 5.10 Å². The third-order valence-electron chi connectivity index (χ3n) is 2.28. The van der Waals surface area contributed by atoms with Crippen molar-refractivity contribution in [2.24, 2.45) is 0 Å². The third kappa shape index (κ3) is 1.10. The topological polar surface area (TPSA) is 60.2 Å². The van der Waals surface area contributed by atoms with Crippen molar-refractivity contribution in [2.45, 2.75) is 0 Å². The van der Waals surface area contributed by atoms with Crippen LogP contribution in [-0.4, -0.2) is 26.1 Å². The summed E-state index contributed by atoms with van der Waals surface area (Å²) in [6.45, 7) is 0. The number of hydrogen-bond acceptors (Lipinski definition) is 4. The van der Waals surface area contributed by atoms with E-state index in [-0.39, 0.29) is 0 Å². The van der Waals surface area contributed by atoms with Crippen molar-refractivity contribution in [1.29, 1.82) is 0 Å². The summed E-state index contributed by atoms with van der Waals surface area (Å²) in [4.78, 5) is 14.8. The van der Waals surface area contributed by atoms with Gasteiger partial charge in [0.15, 0.2) is 6.29 Å². The van der Waals surface area contributed by atoms with Crippen LogP contribution in [0.3, 0.4) is 0 Å². The molecule has 3 rings (SSSR count). The maximum atomic E-state index is 10.6. The zero-order valence-electron chi connectivity index (χ0n) is 7.66. The molecule has 0 aliphatic rings. The molecule has 0 amide bonds. The first-order chi connectivity index (χ1) is 7.38. The minimum absolute atomic E-state index is 0.414. The summed E-state index contributed by atoms with van der Waals surface area (Å²) in [6, 6.07) is 5.44. The standard InChI is InChI=1S/C10H6N4O/c15-6-8-2-1-7-3-4-14-9(5-11-13-14)10(7)12-8/h1-6H. The van der Waals surface area contributed by atoms with Crippen LogP contribution in [0.5, 0.6) is 0 Å². The van der Waals surface area contributed by atoms with Crippen molar-refractivity contribution < 1.29 is 4.79 Å². The molecule has 0 aliphatic heterocycles. The highest BCUT2D eigenvalue weighted by atomic mass is 16.1. The molecule has 0 bridgehead atoms. The number of carbonyl (C=O) groups is 1. The van der Waals surface area contributed by atoms with E-state index in [1.807, 2.05) is 18.3 Å². The molecule has 0 atom stereocenters. The van der Waals surface area contributed by atoms with Crippen LogP contribution in [0.15, 0.2) is 30.6 Å². The van der Waals surface area contributed by atoms with E-state index in [0.29, 0.717) is 5.69 Å². The van der Waals surface area contributed by atoms with Crippen LogP contribution in [0, 0.1) is 0 Å². The van der Waals surface area contributed by atoms with Crippen LogP contribution in [0.1, 0.15) is 10.5 Å². The van der Waals surface area contributed by atoms with Gasteiger partial charge in [0.25, 0.3) is 0 Å². The summed E-state index contributed by atoms with van der Waals surface area (Å²) < 4.78 is 1.63. The smallest absolute Gasteiger partial charge is 0.168 e. The molecule has 0 unspecified atom stereocenters. The molecular weight excluding hydrogens is 192 g/mol. The summed E-state index contributed by atoms with van der Waals surface area (Å²) in [7, 11) is 0. The summed E-state index contributed by atoms with van der Waals surface area (Å²) >= 11 is 0. The third-order valence-corrected chi connectivity index (χ3v) is 2.28. The number of nitrogens with zero attached hydrogens (tertiary/aromatic N) is 4. The molecule has 0 aromatic carbocycles. The first-order valence-corrected chi connectivity index (χ1v) is 4.43. The average molecular weight is 198 g/mol. The second kappa shape index (κ2) is 2.84. The zero-order chi connectivity index (χ0) is 10.3. The number of aldehydes is 1. The van der Waals surface area contributed by atoms with Gasteiger partial charge in [-0.25, -0.2) is 9.50 Å². The lowest BCUT2D eigenvalue weighted by atomic mass is 10.2. The fourth-order valence-electron chi connectivity index (χ4n) is 1.56. The fourth-order valence-corrected chi connectivity index (χ4v) is 1.56. The van der Waals surface area contributed by atoms with Crippen molar-refractivity contribution >= 4 is 22.7 Å². The predicted octanol–water partition coefficient (Wildman–Crippen LogP) is 1.09. The van der Waals surface area contributed by atoms with E-state index in [1.165, 1.54) is 0 Å². The Morgan fingerprint density at radius 3 is 3.07 bits per heavy atom. The Kier molecular flexibility index (Phi) is 1.53. The highest BCUT2D eigenvalue weighted by molar-refractivity contribution is 5.93. The SMILES string of the molecule is O=Cc1ccc2ccn3nncc3c2n1.